The van der Waals surface area contributed by atoms with Crippen molar-refractivity contribution >= 4 is 11.5 Å². The van der Waals surface area contributed by atoms with Crippen molar-refractivity contribution in [2.75, 3.05) is 0 Å². The molecule has 0 aliphatic heterocycles. The van der Waals surface area contributed by atoms with Crippen LogP contribution in [0.4, 0.5) is 5.69 Å². The zero-order valence-corrected chi connectivity index (χ0v) is 9.19. The summed E-state index contributed by atoms with van der Waals surface area (Å²) >= 11 is 0. The summed E-state index contributed by atoms with van der Waals surface area (Å²) in [6, 6.07) is 1.36. The first-order chi connectivity index (χ1) is 7.50. The first kappa shape index (κ1) is 10.7. The standard InChI is InChI=1S/C11H12N2O3/c1-6-9(11(14)8-3-4-8)5-10(13(15)16)7(2)12-6/h5,8H,3-4H2,1-2H3. The van der Waals surface area contributed by atoms with Crippen LogP contribution in [-0.2, 0) is 0 Å². The van der Waals surface area contributed by atoms with Crippen molar-refractivity contribution in [3.8, 4) is 0 Å². The quantitative estimate of drug-likeness (QED) is 0.444. The minimum Gasteiger partial charge on any atom is -0.294 e. The van der Waals surface area contributed by atoms with Gasteiger partial charge in [0.1, 0.15) is 5.69 Å². The van der Waals surface area contributed by atoms with Crippen LogP contribution in [0.5, 0.6) is 0 Å². The average Bonchev–Trinajstić information content (AvgIpc) is 2.99. The third-order valence-electron chi connectivity index (χ3n) is 2.79. The monoisotopic (exact) mass is 220 g/mol. The number of carbonyl (C=O) groups is 1. The lowest BCUT2D eigenvalue weighted by Gasteiger charge is -2.05. The molecule has 2 rings (SSSR count). The number of rotatable bonds is 3. The molecular weight excluding hydrogens is 208 g/mol. The number of hydrogen-bond donors (Lipinski definition) is 0. The minimum atomic E-state index is -0.495. The highest BCUT2D eigenvalue weighted by atomic mass is 16.6. The number of ketones is 1. The second-order valence-electron chi connectivity index (χ2n) is 4.12. The van der Waals surface area contributed by atoms with Crippen LogP contribution in [0.25, 0.3) is 0 Å². The predicted molar refractivity (Wildman–Crippen MR) is 57.4 cm³/mol. The van der Waals surface area contributed by atoms with Crippen molar-refractivity contribution in [2.24, 2.45) is 5.92 Å². The van der Waals surface area contributed by atoms with Gasteiger partial charge in [-0.25, -0.2) is 0 Å². The molecular formula is C11H12N2O3. The van der Waals surface area contributed by atoms with E-state index in [1.54, 1.807) is 13.8 Å². The van der Waals surface area contributed by atoms with Gasteiger partial charge in [0.15, 0.2) is 5.78 Å². The van der Waals surface area contributed by atoms with Crippen LogP contribution in [-0.4, -0.2) is 15.7 Å². The number of hydrogen-bond acceptors (Lipinski definition) is 4. The van der Waals surface area contributed by atoms with E-state index in [-0.39, 0.29) is 17.4 Å². The Hall–Kier alpha value is -1.78. The molecule has 0 radical (unpaired) electrons. The Morgan fingerprint density at radius 3 is 2.56 bits per heavy atom. The maximum atomic E-state index is 11.9. The molecule has 1 aromatic rings. The highest BCUT2D eigenvalue weighted by molar-refractivity contribution is 6.00. The van der Waals surface area contributed by atoms with Crippen molar-refractivity contribution < 1.29 is 9.72 Å². The topological polar surface area (TPSA) is 73.1 Å². The molecule has 0 atom stereocenters. The highest BCUT2D eigenvalue weighted by Crippen LogP contribution is 2.34. The van der Waals surface area contributed by atoms with E-state index in [1.807, 2.05) is 0 Å². The smallest absolute Gasteiger partial charge is 0.291 e. The fourth-order valence-electron chi connectivity index (χ4n) is 1.71. The molecule has 0 amide bonds. The summed E-state index contributed by atoms with van der Waals surface area (Å²) in [6.45, 7) is 3.29. The number of Topliss-reactive ketones (excluding diaryl/α,β-unsaturated/α-hetero) is 1. The Morgan fingerprint density at radius 1 is 1.44 bits per heavy atom. The highest BCUT2D eigenvalue weighted by Gasteiger charge is 2.32. The molecule has 0 spiro atoms. The van der Waals surface area contributed by atoms with E-state index in [9.17, 15) is 14.9 Å². The second-order valence-corrected chi connectivity index (χ2v) is 4.12. The van der Waals surface area contributed by atoms with E-state index in [2.05, 4.69) is 4.98 Å². The van der Waals surface area contributed by atoms with E-state index in [4.69, 9.17) is 0 Å². The van der Waals surface area contributed by atoms with Crippen LogP contribution in [0.1, 0.15) is 34.6 Å². The maximum absolute atomic E-state index is 11.9. The van der Waals surface area contributed by atoms with Crippen molar-refractivity contribution in [1.82, 2.24) is 4.98 Å². The van der Waals surface area contributed by atoms with Crippen LogP contribution < -0.4 is 0 Å². The molecule has 0 N–H and O–H groups in total. The largest absolute Gasteiger partial charge is 0.294 e. The summed E-state index contributed by atoms with van der Waals surface area (Å²) in [7, 11) is 0. The molecule has 1 fully saturated rings. The maximum Gasteiger partial charge on any atom is 0.291 e. The fraction of sp³-hybridized carbons (Fsp3) is 0.455. The molecule has 0 bridgehead atoms. The molecule has 5 nitrogen and oxygen atoms in total. The van der Waals surface area contributed by atoms with Gasteiger partial charge >= 0.3 is 0 Å². The van der Waals surface area contributed by atoms with E-state index >= 15 is 0 Å². The van der Waals surface area contributed by atoms with Gasteiger partial charge in [0.25, 0.3) is 5.69 Å². The van der Waals surface area contributed by atoms with Gasteiger partial charge in [0, 0.05) is 23.2 Å². The molecule has 1 aliphatic carbocycles. The molecule has 1 aromatic heterocycles. The Labute approximate surface area is 92.6 Å². The van der Waals surface area contributed by atoms with Gasteiger partial charge in [-0.15, -0.1) is 0 Å². The predicted octanol–water partition coefficient (Wildman–Crippen LogP) is 2.20. The first-order valence-electron chi connectivity index (χ1n) is 5.17. The molecule has 0 aromatic carbocycles. The Morgan fingerprint density at radius 2 is 2.06 bits per heavy atom. The zero-order chi connectivity index (χ0) is 11.9. The molecule has 1 saturated carbocycles. The lowest BCUT2D eigenvalue weighted by molar-refractivity contribution is -0.385. The summed E-state index contributed by atoms with van der Waals surface area (Å²) in [5.74, 6) is 0.0518. The van der Waals surface area contributed by atoms with Gasteiger partial charge in [-0.05, 0) is 26.7 Å². The lowest BCUT2D eigenvalue weighted by Crippen LogP contribution is -2.08. The van der Waals surface area contributed by atoms with Gasteiger partial charge in [-0.1, -0.05) is 0 Å². The van der Waals surface area contributed by atoms with E-state index < -0.39 is 4.92 Å². The van der Waals surface area contributed by atoms with Crippen molar-refractivity contribution in [2.45, 2.75) is 26.7 Å². The molecule has 1 aliphatic rings. The molecule has 5 heteroatoms. The number of aromatic nitrogens is 1. The minimum absolute atomic E-state index is 0.00639. The van der Waals surface area contributed by atoms with Crippen LogP contribution in [0.3, 0.4) is 0 Å². The lowest BCUT2D eigenvalue weighted by atomic mass is 10.0. The second kappa shape index (κ2) is 3.66. The molecule has 1 heterocycles. The molecule has 84 valence electrons. The van der Waals surface area contributed by atoms with Crippen LogP contribution in [0, 0.1) is 29.9 Å². The van der Waals surface area contributed by atoms with Gasteiger partial charge in [-0.2, -0.15) is 0 Å². The summed E-state index contributed by atoms with van der Waals surface area (Å²) in [4.78, 5) is 26.2. The van der Waals surface area contributed by atoms with Crippen LogP contribution in [0.15, 0.2) is 6.07 Å². The van der Waals surface area contributed by atoms with Crippen molar-refractivity contribution in [3.05, 3.63) is 33.1 Å². The van der Waals surface area contributed by atoms with Gasteiger partial charge < -0.3 is 0 Å². The van der Waals surface area contributed by atoms with Gasteiger partial charge in [0.2, 0.25) is 0 Å². The van der Waals surface area contributed by atoms with Crippen molar-refractivity contribution in [1.29, 1.82) is 0 Å². The van der Waals surface area contributed by atoms with E-state index in [0.717, 1.165) is 12.8 Å². The SMILES string of the molecule is Cc1nc(C)c([N+](=O)[O-])cc1C(=O)C1CC1. The van der Waals surface area contributed by atoms with Gasteiger partial charge in [-0.3, -0.25) is 19.9 Å². The summed E-state index contributed by atoms with van der Waals surface area (Å²) < 4.78 is 0. The Balaban J connectivity index is 2.48. The Bertz CT molecular complexity index is 478. The number of nitro groups is 1. The van der Waals surface area contributed by atoms with Crippen molar-refractivity contribution in [3.63, 3.8) is 0 Å². The van der Waals surface area contributed by atoms with Crippen LogP contribution in [0.2, 0.25) is 0 Å². The molecule has 0 saturated heterocycles. The molecule has 16 heavy (non-hydrogen) atoms. The molecule has 0 unspecified atom stereocenters. The Kier molecular flexibility index (Phi) is 2.46. The van der Waals surface area contributed by atoms with E-state index in [1.165, 1.54) is 6.07 Å². The average molecular weight is 220 g/mol. The third-order valence-corrected chi connectivity index (χ3v) is 2.79. The number of pyridine rings is 1. The normalized spacial score (nSPS) is 14.9. The van der Waals surface area contributed by atoms with E-state index in [0.29, 0.717) is 17.0 Å². The number of aryl methyl sites for hydroxylation is 2. The number of nitrogens with zero attached hydrogens (tertiary/aromatic N) is 2. The third kappa shape index (κ3) is 1.80. The summed E-state index contributed by atoms with van der Waals surface area (Å²) in [5.41, 5.74) is 1.27. The van der Waals surface area contributed by atoms with Gasteiger partial charge in [0.05, 0.1) is 4.92 Å². The summed E-state index contributed by atoms with van der Waals surface area (Å²) in [6.07, 6.45) is 1.78. The first-order valence-corrected chi connectivity index (χ1v) is 5.17. The fourth-order valence-corrected chi connectivity index (χ4v) is 1.71. The zero-order valence-electron chi connectivity index (χ0n) is 9.19. The summed E-state index contributed by atoms with van der Waals surface area (Å²) in [5, 5.41) is 10.7. The van der Waals surface area contributed by atoms with Crippen LogP contribution >= 0.6 is 0 Å². The number of carbonyl (C=O) groups excluding carboxylic acids is 1.